The molecule has 0 amide bonds. The summed E-state index contributed by atoms with van der Waals surface area (Å²) in [6.45, 7) is 1.80. The predicted molar refractivity (Wildman–Crippen MR) is 72.3 cm³/mol. The van der Waals surface area contributed by atoms with Gasteiger partial charge in [0.25, 0.3) is 0 Å². The number of benzene rings is 1. The summed E-state index contributed by atoms with van der Waals surface area (Å²) < 4.78 is 4.89. The first-order valence-corrected chi connectivity index (χ1v) is 6.99. The zero-order valence-corrected chi connectivity index (χ0v) is 11.2. The molecule has 0 aliphatic rings. The van der Waals surface area contributed by atoms with E-state index in [4.69, 9.17) is 0 Å². The molecule has 0 saturated heterocycles. The number of carbonyl (C=O) groups is 1. The van der Waals surface area contributed by atoms with Crippen LogP contribution < -0.4 is 0 Å². The summed E-state index contributed by atoms with van der Waals surface area (Å²) in [5, 5.41) is 4.69. The van der Waals surface area contributed by atoms with Gasteiger partial charge in [0.15, 0.2) is 5.78 Å². The van der Waals surface area contributed by atoms with Gasteiger partial charge in [-0.3, -0.25) is 4.79 Å². The lowest BCUT2D eigenvalue weighted by atomic mass is 10.2. The minimum absolute atomic E-state index is 0.0431. The van der Waals surface area contributed by atoms with Crippen molar-refractivity contribution in [3.8, 4) is 0 Å². The van der Waals surface area contributed by atoms with Crippen LogP contribution >= 0.6 is 22.9 Å². The lowest BCUT2D eigenvalue weighted by molar-refractivity contribution is 0.0996. The Kier molecular flexibility index (Phi) is 2.89. The van der Waals surface area contributed by atoms with Gasteiger partial charge >= 0.3 is 0 Å². The molecule has 1 aromatic carbocycles. The van der Waals surface area contributed by atoms with Crippen LogP contribution in [0.4, 0.5) is 0 Å². The van der Waals surface area contributed by atoms with Crippen LogP contribution in [-0.2, 0) is 6.42 Å². The maximum atomic E-state index is 12.1. The number of aryl methyl sites for hydroxylation is 1. The van der Waals surface area contributed by atoms with Crippen LogP contribution in [0.15, 0.2) is 24.3 Å². The molecule has 0 aliphatic heterocycles. The number of ketones is 1. The van der Waals surface area contributed by atoms with E-state index in [0.717, 1.165) is 26.8 Å². The van der Waals surface area contributed by atoms with Gasteiger partial charge in [0.05, 0.1) is 22.3 Å². The maximum absolute atomic E-state index is 12.1. The minimum atomic E-state index is 0.0431. The van der Waals surface area contributed by atoms with E-state index in [0.29, 0.717) is 17.0 Å². The van der Waals surface area contributed by atoms with E-state index in [1.807, 2.05) is 24.3 Å². The number of carbonyl (C=O) groups excluding carboxylic acids is 1. The Balaban J connectivity index is 1.88. The van der Waals surface area contributed by atoms with Crippen molar-refractivity contribution in [1.82, 2.24) is 14.6 Å². The average Bonchev–Trinajstić information content (AvgIpc) is 2.94. The van der Waals surface area contributed by atoms with Gasteiger partial charge in [-0.2, -0.15) is 0 Å². The summed E-state index contributed by atoms with van der Waals surface area (Å²) in [6, 6.07) is 7.90. The SMILES string of the molecule is Cc1nnsc1C(=O)Cc1nc2ccccc2s1. The molecule has 3 aromatic rings. The van der Waals surface area contributed by atoms with E-state index >= 15 is 0 Å². The molecule has 0 bridgehead atoms. The molecule has 3 rings (SSSR count). The second-order valence-corrected chi connectivity index (χ2v) is 5.73. The zero-order valence-electron chi connectivity index (χ0n) is 9.58. The highest BCUT2D eigenvalue weighted by molar-refractivity contribution is 7.18. The fourth-order valence-corrected chi connectivity index (χ4v) is 3.26. The summed E-state index contributed by atoms with van der Waals surface area (Å²) in [5.41, 5.74) is 1.65. The second-order valence-electron chi connectivity index (χ2n) is 3.86. The molecule has 0 unspecified atom stereocenters. The molecular weight excluding hydrogens is 266 g/mol. The number of hydrogen-bond donors (Lipinski definition) is 0. The lowest BCUT2D eigenvalue weighted by Gasteiger charge is -1.93. The molecule has 0 N–H and O–H groups in total. The molecule has 0 spiro atoms. The molecule has 0 aliphatic carbocycles. The summed E-state index contributed by atoms with van der Waals surface area (Å²) in [4.78, 5) is 17.2. The van der Waals surface area contributed by atoms with Crippen molar-refractivity contribution in [1.29, 1.82) is 0 Å². The van der Waals surface area contributed by atoms with Gasteiger partial charge in [0, 0.05) is 0 Å². The van der Waals surface area contributed by atoms with Crippen molar-refractivity contribution in [2.45, 2.75) is 13.3 Å². The molecule has 0 saturated carbocycles. The fourth-order valence-electron chi connectivity index (χ4n) is 1.70. The molecule has 6 heteroatoms. The van der Waals surface area contributed by atoms with Crippen LogP contribution in [0.25, 0.3) is 10.2 Å². The van der Waals surface area contributed by atoms with E-state index < -0.39 is 0 Å². The number of thiazole rings is 1. The summed E-state index contributed by atoms with van der Waals surface area (Å²) in [7, 11) is 0. The van der Waals surface area contributed by atoms with Crippen LogP contribution in [0.5, 0.6) is 0 Å². The van der Waals surface area contributed by atoms with Crippen molar-refractivity contribution in [2.24, 2.45) is 0 Å². The quantitative estimate of drug-likeness (QED) is 0.690. The first-order chi connectivity index (χ1) is 8.74. The third kappa shape index (κ3) is 2.04. The molecule has 0 radical (unpaired) electrons. The number of nitrogens with zero attached hydrogens (tertiary/aromatic N) is 3. The standard InChI is InChI=1S/C12H9N3OS2/c1-7-12(18-15-14-7)9(16)6-11-13-8-4-2-3-5-10(8)17-11/h2-5H,6H2,1H3. The number of Topliss-reactive ketones (excluding diaryl/α,β-unsaturated/α-hetero) is 1. The van der Waals surface area contributed by atoms with Gasteiger partial charge in [0.1, 0.15) is 9.88 Å². The Morgan fingerprint density at radius 2 is 2.17 bits per heavy atom. The molecule has 4 nitrogen and oxygen atoms in total. The maximum Gasteiger partial charge on any atom is 0.183 e. The van der Waals surface area contributed by atoms with Gasteiger partial charge in [-0.15, -0.1) is 16.4 Å². The van der Waals surface area contributed by atoms with Crippen molar-refractivity contribution >= 4 is 38.9 Å². The molecule has 18 heavy (non-hydrogen) atoms. The Labute approximate surface area is 111 Å². The van der Waals surface area contributed by atoms with Gasteiger partial charge in [0.2, 0.25) is 0 Å². The number of fused-ring (bicyclic) bond motifs is 1. The number of para-hydroxylation sites is 1. The molecule has 2 heterocycles. The van der Waals surface area contributed by atoms with E-state index in [1.54, 1.807) is 18.3 Å². The number of rotatable bonds is 3. The largest absolute Gasteiger partial charge is 0.293 e. The smallest absolute Gasteiger partial charge is 0.183 e. The predicted octanol–water partition coefficient (Wildman–Crippen LogP) is 2.88. The second kappa shape index (κ2) is 4.55. The highest BCUT2D eigenvalue weighted by atomic mass is 32.1. The first kappa shape index (κ1) is 11.4. The summed E-state index contributed by atoms with van der Waals surface area (Å²) in [5.74, 6) is 0.0431. The lowest BCUT2D eigenvalue weighted by Crippen LogP contribution is -2.02. The van der Waals surface area contributed by atoms with Crippen LogP contribution in [0.1, 0.15) is 20.4 Å². The van der Waals surface area contributed by atoms with E-state index in [-0.39, 0.29) is 5.78 Å². The van der Waals surface area contributed by atoms with E-state index in [2.05, 4.69) is 14.6 Å². The number of hydrogen-bond acceptors (Lipinski definition) is 6. The van der Waals surface area contributed by atoms with Crippen LogP contribution in [-0.4, -0.2) is 20.4 Å². The van der Waals surface area contributed by atoms with Gasteiger partial charge in [-0.05, 0) is 30.6 Å². The molecule has 2 aromatic heterocycles. The van der Waals surface area contributed by atoms with Crippen LogP contribution in [0.2, 0.25) is 0 Å². The Morgan fingerprint density at radius 1 is 1.33 bits per heavy atom. The monoisotopic (exact) mass is 275 g/mol. The molecule has 0 atom stereocenters. The van der Waals surface area contributed by atoms with Gasteiger partial charge in [-0.1, -0.05) is 16.6 Å². The Morgan fingerprint density at radius 3 is 2.89 bits per heavy atom. The minimum Gasteiger partial charge on any atom is -0.293 e. The summed E-state index contributed by atoms with van der Waals surface area (Å²) >= 11 is 2.71. The topological polar surface area (TPSA) is 55.7 Å². The third-order valence-electron chi connectivity index (χ3n) is 2.55. The van der Waals surface area contributed by atoms with Crippen LogP contribution in [0, 0.1) is 6.92 Å². The van der Waals surface area contributed by atoms with Crippen LogP contribution in [0.3, 0.4) is 0 Å². The van der Waals surface area contributed by atoms with Crippen molar-refractivity contribution in [3.05, 3.63) is 39.8 Å². The molecule has 0 fully saturated rings. The molecule has 90 valence electrons. The summed E-state index contributed by atoms with van der Waals surface area (Å²) in [6.07, 6.45) is 0.323. The first-order valence-electron chi connectivity index (χ1n) is 5.40. The van der Waals surface area contributed by atoms with Crippen molar-refractivity contribution < 1.29 is 4.79 Å². The Hall–Kier alpha value is -1.66. The van der Waals surface area contributed by atoms with Gasteiger partial charge in [-0.25, -0.2) is 4.98 Å². The van der Waals surface area contributed by atoms with Crippen molar-refractivity contribution in [2.75, 3.05) is 0 Å². The van der Waals surface area contributed by atoms with E-state index in [9.17, 15) is 4.79 Å². The van der Waals surface area contributed by atoms with Gasteiger partial charge < -0.3 is 0 Å². The zero-order chi connectivity index (χ0) is 12.5. The fraction of sp³-hybridized carbons (Fsp3) is 0.167. The highest BCUT2D eigenvalue weighted by Gasteiger charge is 2.15. The average molecular weight is 275 g/mol. The highest BCUT2D eigenvalue weighted by Crippen LogP contribution is 2.23. The third-order valence-corrected chi connectivity index (χ3v) is 4.46. The number of aromatic nitrogens is 3. The normalized spacial score (nSPS) is 10.9. The van der Waals surface area contributed by atoms with Crippen molar-refractivity contribution in [3.63, 3.8) is 0 Å². The molecular formula is C12H9N3OS2. The van der Waals surface area contributed by atoms with E-state index in [1.165, 1.54) is 0 Å². The Bertz CT molecular complexity index is 684.